The molecule has 2 aliphatic heterocycles. The Morgan fingerprint density at radius 1 is 1.03 bits per heavy atom. The van der Waals surface area contributed by atoms with Crippen molar-refractivity contribution in [3.8, 4) is 0 Å². The van der Waals surface area contributed by atoms with E-state index in [2.05, 4.69) is 16.0 Å². The zero-order valence-electron chi connectivity index (χ0n) is 17.7. The molecular weight excluding hydrogens is 426 g/mol. The first-order valence-electron chi connectivity index (χ1n) is 10.9. The Labute approximate surface area is 191 Å². The smallest absolute Gasteiger partial charge is 0.315 e. The van der Waals surface area contributed by atoms with Crippen LogP contribution in [0.1, 0.15) is 41.6 Å². The fourth-order valence-corrected chi connectivity index (χ4v) is 5.51. The Hall–Kier alpha value is -3.00. The van der Waals surface area contributed by atoms with E-state index in [1.54, 1.807) is 24.3 Å². The second-order valence-corrected chi connectivity index (χ2v) is 9.32. The van der Waals surface area contributed by atoms with E-state index in [9.17, 15) is 14.4 Å². The van der Waals surface area contributed by atoms with Gasteiger partial charge in [0.1, 0.15) is 6.61 Å². The number of para-hydroxylation sites is 1. The molecule has 0 radical (unpaired) electrons. The van der Waals surface area contributed by atoms with Crippen LogP contribution in [-0.2, 0) is 16.1 Å². The summed E-state index contributed by atoms with van der Waals surface area (Å²) in [6.07, 6.45) is 3.06. The maximum absolute atomic E-state index is 12.3. The number of thioether (sulfide) groups is 1. The van der Waals surface area contributed by atoms with Crippen LogP contribution in [0.4, 0.5) is 10.5 Å². The van der Waals surface area contributed by atoms with Gasteiger partial charge in [0.25, 0.3) is 5.91 Å². The van der Waals surface area contributed by atoms with Crippen LogP contribution in [0.3, 0.4) is 0 Å². The van der Waals surface area contributed by atoms with Crippen LogP contribution < -0.4 is 16.0 Å². The number of unbranched alkanes of at least 4 members (excludes halogenated alkanes) is 1. The van der Waals surface area contributed by atoms with E-state index in [4.69, 9.17) is 4.74 Å². The van der Waals surface area contributed by atoms with Crippen molar-refractivity contribution in [1.29, 1.82) is 0 Å². The van der Waals surface area contributed by atoms with Crippen molar-refractivity contribution in [3.63, 3.8) is 0 Å². The molecule has 2 aliphatic rings. The van der Waals surface area contributed by atoms with E-state index in [0.717, 1.165) is 36.3 Å². The van der Waals surface area contributed by atoms with Crippen LogP contribution in [0.2, 0.25) is 0 Å². The Morgan fingerprint density at radius 3 is 2.59 bits per heavy atom. The highest BCUT2D eigenvalue weighted by Gasteiger charge is 2.42. The second kappa shape index (κ2) is 10.5. The van der Waals surface area contributed by atoms with Crippen molar-refractivity contribution in [2.24, 2.45) is 0 Å². The topological polar surface area (TPSA) is 96.5 Å². The van der Waals surface area contributed by atoms with E-state index in [1.807, 2.05) is 42.1 Å². The average Bonchev–Trinajstić information content (AvgIpc) is 3.35. The minimum Gasteiger partial charge on any atom is -0.461 e. The summed E-state index contributed by atoms with van der Waals surface area (Å²) in [5, 5.41) is 9.18. The number of carbonyl (C=O) groups excluding carboxylic acids is 3. The maximum Gasteiger partial charge on any atom is 0.315 e. The average molecular weight is 454 g/mol. The molecule has 8 heteroatoms. The molecule has 3 N–H and O–H groups in total. The predicted octanol–water partition coefficient (Wildman–Crippen LogP) is 3.71. The lowest BCUT2D eigenvalue weighted by molar-refractivity contribution is -0.145. The molecule has 168 valence electrons. The van der Waals surface area contributed by atoms with Crippen molar-refractivity contribution in [1.82, 2.24) is 10.6 Å². The van der Waals surface area contributed by atoms with Crippen LogP contribution >= 0.6 is 11.8 Å². The third-order valence-electron chi connectivity index (χ3n) is 5.71. The van der Waals surface area contributed by atoms with Gasteiger partial charge in [-0.1, -0.05) is 36.8 Å². The van der Waals surface area contributed by atoms with Crippen LogP contribution in [0, 0.1) is 0 Å². The van der Waals surface area contributed by atoms with E-state index in [-0.39, 0.29) is 36.6 Å². The number of benzene rings is 2. The second-order valence-electron chi connectivity index (χ2n) is 8.05. The molecule has 2 aromatic rings. The Bertz CT molecular complexity index is 951. The van der Waals surface area contributed by atoms with Crippen LogP contribution in [0.15, 0.2) is 54.6 Å². The minimum absolute atomic E-state index is 0.0706. The van der Waals surface area contributed by atoms with Gasteiger partial charge in [0.05, 0.1) is 12.1 Å². The summed E-state index contributed by atoms with van der Waals surface area (Å²) in [5.41, 5.74) is 2.13. The maximum atomic E-state index is 12.3. The van der Waals surface area contributed by atoms with Crippen LogP contribution in [-0.4, -0.2) is 41.0 Å². The Kier molecular flexibility index (Phi) is 7.32. The molecule has 0 aliphatic carbocycles. The first-order chi connectivity index (χ1) is 15.6. The first kappa shape index (κ1) is 22.2. The minimum atomic E-state index is -0.219. The lowest BCUT2D eigenvalue weighted by Gasteiger charge is -2.16. The van der Waals surface area contributed by atoms with Crippen molar-refractivity contribution in [2.45, 2.75) is 49.6 Å². The van der Waals surface area contributed by atoms with Gasteiger partial charge in [0.15, 0.2) is 0 Å². The SMILES string of the molecule is O=C1N[C@@H]2[C@@H](CS[C@@H]2CCCCC(=O)OCc2ccc(C(=O)Nc3ccccc3)cc2)N1. The zero-order valence-corrected chi connectivity index (χ0v) is 18.5. The van der Waals surface area contributed by atoms with Crippen molar-refractivity contribution in [3.05, 3.63) is 65.7 Å². The number of fused-ring (bicyclic) bond motifs is 1. The van der Waals surface area contributed by atoms with Crippen LogP contribution in [0.5, 0.6) is 0 Å². The van der Waals surface area contributed by atoms with E-state index in [0.29, 0.717) is 17.2 Å². The zero-order chi connectivity index (χ0) is 22.3. The number of ether oxygens (including phenoxy) is 1. The van der Waals surface area contributed by atoms with Crippen LogP contribution in [0.25, 0.3) is 0 Å². The molecule has 0 spiro atoms. The third kappa shape index (κ3) is 5.82. The van der Waals surface area contributed by atoms with Gasteiger partial charge in [0.2, 0.25) is 0 Å². The normalized spacial score (nSPS) is 21.4. The molecule has 0 aromatic heterocycles. The number of hydrogen-bond donors (Lipinski definition) is 3. The molecule has 0 unspecified atom stereocenters. The number of rotatable bonds is 9. The van der Waals surface area contributed by atoms with Gasteiger partial charge in [-0.05, 0) is 42.7 Å². The van der Waals surface area contributed by atoms with E-state index >= 15 is 0 Å². The third-order valence-corrected chi connectivity index (χ3v) is 7.21. The summed E-state index contributed by atoms with van der Waals surface area (Å²) >= 11 is 1.88. The largest absolute Gasteiger partial charge is 0.461 e. The molecule has 3 atom stereocenters. The van der Waals surface area contributed by atoms with Crippen molar-refractivity contribution >= 4 is 35.4 Å². The van der Waals surface area contributed by atoms with Gasteiger partial charge in [0, 0.05) is 28.7 Å². The summed E-state index contributed by atoms with van der Waals surface area (Å²) in [6, 6.07) is 16.7. The standard InChI is InChI=1S/C24H27N3O4S/c28-21(9-5-4-8-20-22-19(15-32-20)26-24(30)27-22)31-14-16-10-12-17(13-11-16)23(29)25-18-6-2-1-3-7-18/h1-3,6-7,10-13,19-20,22H,4-5,8-9,14-15H2,(H,25,29)(H2,26,27,30)/t19-,20-,22-/m1/s1. The molecule has 4 rings (SSSR count). The predicted molar refractivity (Wildman–Crippen MR) is 125 cm³/mol. The molecule has 2 fully saturated rings. The lowest BCUT2D eigenvalue weighted by Crippen LogP contribution is -2.36. The number of anilines is 1. The highest BCUT2D eigenvalue weighted by atomic mass is 32.2. The van der Waals surface area contributed by atoms with E-state index < -0.39 is 0 Å². The monoisotopic (exact) mass is 453 g/mol. The molecule has 3 amide bonds. The molecule has 2 aromatic carbocycles. The van der Waals surface area contributed by atoms with Gasteiger partial charge < -0.3 is 20.7 Å². The summed E-state index contributed by atoms with van der Waals surface area (Å²) in [4.78, 5) is 35.8. The molecule has 32 heavy (non-hydrogen) atoms. The number of amides is 3. The summed E-state index contributed by atoms with van der Waals surface area (Å²) < 4.78 is 5.37. The van der Waals surface area contributed by atoms with Gasteiger partial charge in [-0.25, -0.2) is 4.79 Å². The highest BCUT2D eigenvalue weighted by molar-refractivity contribution is 8.00. The molecule has 7 nitrogen and oxygen atoms in total. The number of carbonyl (C=O) groups is 3. The van der Waals surface area contributed by atoms with Gasteiger partial charge in [-0.15, -0.1) is 0 Å². The number of esters is 1. The Balaban J connectivity index is 1.13. The molecule has 0 saturated carbocycles. The number of hydrogen-bond acceptors (Lipinski definition) is 5. The fourth-order valence-electron chi connectivity index (χ4n) is 3.97. The number of urea groups is 1. The van der Waals surface area contributed by atoms with Crippen molar-refractivity contribution in [2.75, 3.05) is 11.1 Å². The highest BCUT2D eigenvalue weighted by Crippen LogP contribution is 2.33. The van der Waals surface area contributed by atoms with Gasteiger partial charge in [-0.2, -0.15) is 11.8 Å². The quantitative estimate of drug-likeness (QED) is 0.306. The Morgan fingerprint density at radius 2 is 1.81 bits per heavy atom. The molecule has 2 saturated heterocycles. The van der Waals surface area contributed by atoms with E-state index in [1.165, 1.54) is 0 Å². The molecular formula is C24H27N3O4S. The first-order valence-corrected chi connectivity index (χ1v) is 11.9. The molecule has 0 bridgehead atoms. The van der Waals surface area contributed by atoms with Gasteiger partial charge in [-0.3, -0.25) is 9.59 Å². The molecule has 2 heterocycles. The lowest BCUT2D eigenvalue weighted by atomic mass is 10.0. The summed E-state index contributed by atoms with van der Waals surface area (Å²) in [5.74, 6) is 0.547. The fraction of sp³-hybridized carbons (Fsp3) is 0.375. The van der Waals surface area contributed by atoms with Gasteiger partial charge >= 0.3 is 12.0 Å². The number of nitrogens with one attached hydrogen (secondary N) is 3. The summed E-state index contributed by atoms with van der Waals surface area (Å²) in [7, 11) is 0. The van der Waals surface area contributed by atoms with Crippen molar-refractivity contribution < 1.29 is 19.1 Å². The summed E-state index contributed by atoms with van der Waals surface area (Å²) in [6.45, 7) is 0.194.